The SMILES string of the molecule is Cc1ccc(N2CCN(c3nc4cc(Cl)c(Cl)cc4[nH]3)CC2)nc1. The number of nitrogens with one attached hydrogen (secondary N) is 1. The quantitative estimate of drug-likeness (QED) is 0.751. The number of benzene rings is 1. The van der Waals surface area contributed by atoms with Gasteiger partial charge in [0.15, 0.2) is 0 Å². The highest BCUT2D eigenvalue weighted by Crippen LogP contribution is 2.28. The minimum atomic E-state index is 0.525. The van der Waals surface area contributed by atoms with E-state index >= 15 is 0 Å². The highest BCUT2D eigenvalue weighted by Gasteiger charge is 2.20. The van der Waals surface area contributed by atoms with E-state index in [1.54, 1.807) is 6.07 Å². The maximum atomic E-state index is 6.07. The summed E-state index contributed by atoms with van der Waals surface area (Å²) in [6.45, 7) is 5.64. The van der Waals surface area contributed by atoms with E-state index in [1.807, 2.05) is 12.3 Å². The van der Waals surface area contributed by atoms with Crippen LogP contribution in [0, 0.1) is 6.92 Å². The summed E-state index contributed by atoms with van der Waals surface area (Å²) in [5.41, 5.74) is 2.92. The van der Waals surface area contributed by atoms with E-state index < -0.39 is 0 Å². The highest BCUT2D eigenvalue weighted by molar-refractivity contribution is 6.42. The third-order valence-electron chi connectivity index (χ3n) is 4.31. The van der Waals surface area contributed by atoms with Gasteiger partial charge in [0, 0.05) is 32.4 Å². The number of aromatic nitrogens is 3. The Morgan fingerprint density at radius 1 is 1.00 bits per heavy atom. The number of hydrogen-bond acceptors (Lipinski definition) is 4. The van der Waals surface area contributed by atoms with E-state index in [1.165, 1.54) is 5.56 Å². The van der Waals surface area contributed by atoms with E-state index in [0.29, 0.717) is 10.0 Å². The average Bonchev–Trinajstić information content (AvgIpc) is 2.99. The third-order valence-corrected chi connectivity index (χ3v) is 5.03. The largest absolute Gasteiger partial charge is 0.353 e. The number of anilines is 2. The summed E-state index contributed by atoms with van der Waals surface area (Å²) in [7, 11) is 0. The molecule has 7 heteroatoms. The molecule has 1 aliphatic heterocycles. The summed E-state index contributed by atoms with van der Waals surface area (Å²) in [6.07, 6.45) is 1.91. The Morgan fingerprint density at radius 2 is 1.71 bits per heavy atom. The maximum Gasteiger partial charge on any atom is 0.203 e. The number of hydrogen-bond donors (Lipinski definition) is 1. The Bertz CT molecular complexity index is 828. The standard InChI is InChI=1S/C17H17Cl2N5/c1-11-2-3-16(20-10-11)23-4-6-24(7-5-23)17-21-14-8-12(18)13(19)9-15(14)22-17/h2-3,8-10H,4-7H2,1H3,(H,21,22). The number of fused-ring (bicyclic) bond motifs is 1. The van der Waals surface area contributed by atoms with Crippen molar-refractivity contribution in [3.8, 4) is 0 Å². The van der Waals surface area contributed by atoms with Crippen molar-refractivity contribution in [1.29, 1.82) is 0 Å². The lowest BCUT2D eigenvalue weighted by molar-refractivity contribution is 0.637. The number of pyridine rings is 1. The Labute approximate surface area is 150 Å². The van der Waals surface area contributed by atoms with E-state index in [-0.39, 0.29) is 0 Å². The van der Waals surface area contributed by atoms with Crippen molar-refractivity contribution in [2.45, 2.75) is 6.92 Å². The average molecular weight is 362 g/mol. The molecule has 1 aromatic carbocycles. The van der Waals surface area contributed by atoms with Gasteiger partial charge in [-0.25, -0.2) is 9.97 Å². The predicted octanol–water partition coefficient (Wildman–Crippen LogP) is 3.90. The van der Waals surface area contributed by atoms with Gasteiger partial charge in [-0.15, -0.1) is 0 Å². The van der Waals surface area contributed by atoms with Gasteiger partial charge in [0.1, 0.15) is 5.82 Å². The smallest absolute Gasteiger partial charge is 0.203 e. The number of halogens is 2. The van der Waals surface area contributed by atoms with Gasteiger partial charge in [-0.3, -0.25) is 0 Å². The van der Waals surface area contributed by atoms with Gasteiger partial charge in [0.25, 0.3) is 0 Å². The van der Waals surface area contributed by atoms with Crippen LogP contribution in [0.1, 0.15) is 5.56 Å². The number of aromatic amines is 1. The molecule has 0 amide bonds. The first-order valence-electron chi connectivity index (χ1n) is 7.87. The van der Waals surface area contributed by atoms with Crippen molar-refractivity contribution in [2.24, 2.45) is 0 Å². The van der Waals surface area contributed by atoms with Gasteiger partial charge in [0.05, 0.1) is 21.1 Å². The molecular weight excluding hydrogens is 345 g/mol. The molecule has 1 aliphatic rings. The Kier molecular flexibility index (Phi) is 3.98. The molecule has 0 unspecified atom stereocenters. The van der Waals surface area contributed by atoms with Crippen LogP contribution in [0.2, 0.25) is 10.0 Å². The van der Waals surface area contributed by atoms with E-state index in [2.05, 4.69) is 43.8 Å². The van der Waals surface area contributed by atoms with E-state index in [0.717, 1.165) is 49.0 Å². The third kappa shape index (κ3) is 2.89. The second-order valence-corrected chi connectivity index (χ2v) is 6.83. The molecular formula is C17H17Cl2N5. The van der Waals surface area contributed by atoms with Gasteiger partial charge < -0.3 is 14.8 Å². The van der Waals surface area contributed by atoms with Crippen LogP contribution in [0.5, 0.6) is 0 Å². The van der Waals surface area contributed by atoms with Crippen molar-refractivity contribution in [3.05, 3.63) is 46.1 Å². The summed E-state index contributed by atoms with van der Waals surface area (Å²) in [4.78, 5) is 17.0. The first-order valence-corrected chi connectivity index (χ1v) is 8.63. The number of imidazole rings is 1. The highest BCUT2D eigenvalue weighted by atomic mass is 35.5. The molecule has 1 fully saturated rings. The summed E-state index contributed by atoms with van der Waals surface area (Å²) >= 11 is 12.1. The van der Waals surface area contributed by atoms with Crippen LogP contribution in [-0.4, -0.2) is 41.1 Å². The second kappa shape index (κ2) is 6.15. The molecule has 0 aliphatic carbocycles. The summed E-state index contributed by atoms with van der Waals surface area (Å²) in [6, 6.07) is 7.80. The molecule has 1 N–H and O–H groups in total. The van der Waals surface area contributed by atoms with Gasteiger partial charge in [-0.1, -0.05) is 29.3 Å². The molecule has 0 saturated carbocycles. The van der Waals surface area contributed by atoms with Gasteiger partial charge in [0.2, 0.25) is 5.95 Å². The fraction of sp³-hybridized carbons (Fsp3) is 0.294. The van der Waals surface area contributed by atoms with Crippen molar-refractivity contribution < 1.29 is 0 Å². The molecule has 2 aromatic heterocycles. The zero-order chi connectivity index (χ0) is 16.7. The zero-order valence-electron chi connectivity index (χ0n) is 13.3. The van der Waals surface area contributed by atoms with Crippen molar-refractivity contribution in [3.63, 3.8) is 0 Å². The lowest BCUT2D eigenvalue weighted by atomic mass is 10.3. The van der Waals surface area contributed by atoms with E-state index in [9.17, 15) is 0 Å². The molecule has 5 nitrogen and oxygen atoms in total. The van der Waals surface area contributed by atoms with Crippen molar-refractivity contribution in [1.82, 2.24) is 15.0 Å². The van der Waals surface area contributed by atoms with Crippen LogP contribution in [0.3, 0.4) is 0 Å². The topological polar surface area (TPSA) is 48.0 Å². The molecule has 0 spiro atoms. The molecule has 124 valence electrons. The number of aryl methyl sites for hydroxylation is 1. The summed E-state index contributed by atoms with van der Waals surface area (Å²) < 4.78 is 0. The number of piperazine rings is 1. The lowest BCUT2D eigenvalue weighted by Crippen LogP contribution is -2.47. The Balaban J connectivity index is 1.50. The molecule has 1 saturated heterocycles. The molecule has 0 radical (unpaired) electrons. The van der Waals surface area contributed by atoms with Crippen molar-refractivity contribution in [2.75, 3.05) is 36.0 Å². The summed E-state index contributed by atoms with van der Waals surface area (Å²) in [5.74, 6) is 1.89. The van der Waals surface area contributed by atoms with Crippen LogP contribution in [0.25, 0.3) is 11.0 Å². The van der Waals surface area contributed by atoms with Crippen LogP contribution >= 0.6 is 23.2 Å². The molecule has 0 bridgehead atoms. The van der Waals surface area contributed by atoms with Gasteiger partial charge >= 0.3 is 0 Å². The van der Waals surface area contributed by atoms with Crippen LogP contribution in [0.15, 0.2) is 30.5 Å². The molecule has 24 heavy (non-hydrogen) atoms. The molecule has 0 atom stereocenters. The fourth-order valence-corrected chi connectivity index (χ4v) is 3.26. The number of H-pyrrole nitrogens is 1. The van der Waals surface area contributed by atoms with Crippen LogP contribution in [-0.2, 0) is 0 Å². The molecule has 3 heterocycles. The minimum absolute atomic E-state index is 0.525. The normalized spacial score (nSPS) is 15.3. The first kappa shape index (κ1) is 15.5. The zero-order valence-corrected chi connectivity index (χ0v) is 14.8. The Hall–Kier alpha value is -1.98. The number of rotatable bonds is 2. The van der Waals surface area contributed by atoms with E-state index in [4.69, 9.17) is 23.2 Å². The van der Waals surface area contributed by atoms with Gasteiger partial charge in [-0.05, 0) is 30.7 Å². The maximum absolute atomic E-state index is 6.07. The molecule has 4 rings (SSSR count). The lowest BCUT2D eigenvalue weighted by Gasteiger charge is -2.35. The first-order chi connectivity index (χ1) is 11.6. The second-order valence-electron chi connectivity index (χ2n) is 6.01. The number of nitrogens with zero attached hydrogens (tertiary/aromatic N) is 4. The molecule has 3 aromatic rings. The Morgan fingerprint density at radius 3 is 2.42 bits per heavy atom. The van der Waals surface area contributed by atoms with Gasteiger partial charge in [-0.2, -0.15) is 0 Å². The van der Waals surface area contributed by atoms with Crippen molar-refractivity contribution >= 4 is 46.0 Å². The predicted molar refractivity (Wildman–Crippen MR) is 99.5 cm³/mol. The summed E-state index contributed by atoms with van der Waals surface area (Å²) in [5, 5.41) is 1.06. The minimum Gasteiger partial charge on any atom is -0.353 e. The fourth-order valence-electron chi connectivity index (χ4n) is 2.94. The van der Waals surface area contributed by atoms with Crippen LogP contribution in [0.4, 0.5) is 11.8 Å². The van der Waals surface area contributed by atoms with Crippen LogP contribution < -0.4 is 9.80 Å². The monoisotopic (exact) mass is 361 g/mol.